The van der Waals surface area contributed by atoms with E-state index in [4.69, 9.17) is 30.5 Å². The molecule has 0 saturated carbocycles. The fraction of sp³-hybridized carbons (Fsp3) is 0.200. The number of carbonyl (C=O) groups excluding carboxylic acids is 2. The third-order valence-corrected chi connectivity index (χ3v) is 5.74. The zero-order valence-corrected chi connectivity index (χ0v) is 19.6. The van der Waals surface area contributed by atoms with Crippen LogP contribution in [0.5, 0.6) is 23.0 Å². The second-order valence-corrected chi connectivity index (χ2v) is 7.82. The lowest BCUT2D eigenvalue weighted by Gasteiger charge is -2.30. The van der Waals surface area contributed by atoms with Gasteiger partial charge < -0.3 is 29.2 Å². The molecule has 0 unspecified atom stereocenters. The third-order valence-electron chi connectivity index (χ3n) is 5.37. The molecule has 0 fully saturated rings. The molecule has 0 saturated heterocycles. The van der Waals surface area contributed by atoms with Crippen molar-refractivity contribution in [3.05, 3.63) is 70.7 Å². The number of anilines is 2. The van der Waals surface area contributed by atoms with Crippen molar-refractivity contribution in [1.29, 1.82) is 0 Å². The Labute approximate surface area is 201 Å². The molecule has 34 heavy (non-hydrogen) atoms. The molecule has 0 aromatic heterocycles. The lowest BCUT2D eigenvalue weighted by molar-refractivity contribution is -0.121. The second kappa shape index (κ2) is 9.93. The topological polar surface area (TPSA) is 86.3 Å². The van der Waals surface area contributed by atoms with Gasteiger partial charge >= 0.3 is 0 Å². The molecule has 3 aromatic carbocycles. The van der Waals surface area contributed by atoms with Crippen molar-refractivity contribution in [3.8, 4) is 23.0 Å². The van der Waals surface area contributed by atoms with E-state index < -0.39 is 0 Å². The first kappa shape index (κ1) is 23.3. The number of ether oxygens (including phenoxy) is 4. The Hall–Kier alpha value is -3.91. The SMILES string of the molecule is COc1cc(C(=O)Nc2ccc3c(c2)OCC(=O)N3Cc2ccccc2Cl)cc(OC)c1OC. The van der Waals surface area contributed by atoms with Crippen LogP contribution in [0.25, 0.3) is 0 Å². The lowest BCUT2D eigenvalue weighted by Crippen LogP contribution is -2.38. The summed E-state index contributed by atoms with van der Waals surface area (Å²) in [7, 11) is 4.46. The van der Waals surface area contributed by atoms with Crippen LogP contribution in [-0.2, 0) is 11.3 Å². The quantitative estimate of drug-likeness (QED) is 0.532. The van der Waals surface area contributed by atoms with Crippen LogP contribution in [0.4, 0.5) is 11.4 Å². The van der Waals surface area contributed by atoms with Crippen molar-refractivity contribution in [2.24, 2.45) is 0 Å². The fourth-order valence-corrected chi connectivity index (χ4v) is 3.86. The highest BCUT2D eigenvalue weighted by atomic mass is 35.5. The number of nitrogens with one attached hydrogen (secondary N) is 1. The van der Waals surface area contributed by atoms with Gasteiger partial charge in [-0.25, -0.2) is 0 Å². The smallest absolute Gasteiger partial charge is 0.265 e. The van der Waals surface area contributed by atoms with E-state index in [2.05, 4.69) is 5.32 Å². The molecular formula is C25H23ClN2O6. The maximum absolute atomic E-state index is 12.9. The van der Waals surface area contributed by atoms with Gasteiger partial charge in [0.05, 0.1) is 33.6 Å². The third kappa shape index (κ3) is 4.58. The Morgan fingerprint density at radius 1 is 1.03 bits per heavy atom. The molecule has 1 heterocycles. The number of hydrogen-bond donors (Lipinski definition) is 1. The van der Waals surface area contributed by atoms with Crippen molar-refractivity contribution >= 4 is 34.8 Å². The largest absolute Gasteiger partial charge is 0.493 e. The Kier molecular flexibility index (Phi) is 6.79. The van der Waals surface area contributed by atoms with Crippen molar-refractivity contribution < 1.29 is 28.5 Å². The zero-order chi connectivity index (χ0) is 24.2. The number of rotatable bonds is 7. The van der Waals surface area contributed by atoms with Crippen LogP contribution in [0.2, 0.25) is 5.02 Å². The number of amides is 2. The summed E-state index contributed by atoms with van der Waals surface area (Å²) < 4.78 is 21.6. The Balaban J connectivity index is 1.58. The van der Waals surface area contributed by atoms with Crippen LogP contribution < -0.4 is 29.2 Å². The van der Waals surface area contributed by atoms with Gasteiger partial charge in [-0.2, -0.15) is 0 Å². The number of methoxy groups -OCH3 is 3. The number of carbonyl (C=O) groups is 2. The summed E-state index contributed by atoms with van der Waals surface area (Å²) in [4.78, 5) is 27.1. The monoisotopic (exact) mass is 482 g/mol. The van der Waals surface area contributed by atoms with Gasteiger partial charge in [0.15, 0.2) is 18.1 Å². The van der Waals surface area contributed by atoms with Crippen LogP contribution in [0, 0.1) is 0 Å². The summed E-state index contributed by atoms with van der Waals surface area (Å²) >= 11 is 6.28. The average Bonchev–Trinajstić information content (AvgIpc) is 2.85. The molecule has 1 aliphatic rings. The summed E-state index contributed by atoms with van der Waals surface area (Å²) in [6, 6.07) is 15.6. The van der Waals surface area contributed by atoms with Gasteiger partial charge in [0.2, 0.25) is 5.75 Å². The Morgan fingerprint density at radius 3 is 2.38 bits per heavy atom. The van der Waals surface area contributed by atoms with E-state index in [0.717, 1.165) is 5.56 Å². The van der Waals surface area contributed by atoms with Crippen LogP contribution >= 0.6 is 11.6 Å². The zero-order valence-electron chi connectivity index (χ0n) is 18.9. The van der Waals surface area contributed by atoms with E-state index in [1.807, 2.05) is 18.2 Å². The molecule has 4 rings (SSSR count). The second-order valence-electron chi connectivity index (χ2n) is 7.41. The summed E-state index contributed by atoms with van der Waals surface area (Å²) in [5.74, 6) is 1.06. The van der Waals surface area contributed by atoms with E-state index in [1.54, 1.807) is 41.3 Å². The molecule has 0 radical (unpaired) electrons. The van der Waals surface area contributed by atoms with Crippen LogP contribution in [0.15, 0.2) is 54.6 Å². The minimum absolute atomic E-state index is 0.109. The van der Waals surface area contributed by atoms with Gasteiger partial charge in [-0.05, 0) is 35.9 Å². The van der Waals surface area contributed by atoms with Crippen molar-refractivity contribution in [2.45, 2.75) is 6.54 Å². The predicted molar refractivity (Wildman–Crippen MR) is 129 cm³/mol. The summed E-state index contributed by atoms with van der Waals surface area (Å²) in [5, 5.41) is 3.42. The highest BCUT2D eigenvalue weighted by Gasteiger charge is 2.27. The van der Waals surface area contributed by atoms with Gasteiger partial charge in [-0.3, -0.25) is 9.59 Å². The number of hydrogen-bond acceptors (Lipinski definition) is 6. The van der Waals surface area contributed by atoms with Crippen LogP contribution in [-0.4, -0.2) is 39.8 Å². The standard InChI is InChI=1S/C25H23ClN2O6/c1-31-21-10-16(11-22(32-2)24(21)33-3)25(30)27-17-8-9-19-20(12-17)34-14-23(29)28(19)13-15-6-4-5-7-18(15)26/h4-12H,13-14H2,1-3H3,(H,27,30). The van der Waals surface area contributed by atoms with Crippen LogP contribution in [0.1, 0.15) is 15.9 Å². The number of nitrogens with zero attached hydrogens (tertiary/aromatic N) is 1. The van der Waals surface area contributed by atoms with Gasteiger partial charge in [-0.15, -0.1) is 0 Å². The molecule has 1 aliphatic heterocycles. The molecule has 1 N–H and O–H groups in total. The number of fused-ring (bicyclic) bond motifs is 1. The summed E-state index contributed by atoms with van der Waals surface area (Å²) in [6.07, 6.45) is 0. The highest BCUT2D eigenvalue weighted by molar-refractivity contribution is 6.31. The predicted octanol–water partition coefficient (Wildman–Crippen LogP) is 4.54. The fourth-order valence-electron chi connectivity index (χ4n) is 3.67. The maximum atomic E-state index is 12.9. The maximum Gasteiger partial charge on any atom is 0.265 e. The number of halogens is 1. The first-order chi connectivity index (χ1) is 16.4. The van der Waals surface area contributed by atoms with Gasteiger partial charge in [0.25, 0.3) is 11.8 Å². The van der Waals surface area contributed by atoms with E-state index in [-0.39, 0.29) is 18.4 Å². The molecule has 0 spiro atoms. The van der Waals surface area contributed by atoms with Crippen LogP contribution in [0.3, 0.4) is 0 Å². The Bertz CT molecular complexity index is 1220. The molecule has 0 bridgehead atoms. The average molecular weight is 483 g/mol. The molecule has 0 aliphatic carbocycles. The van der Waals surface area contributed by atoms with E-state index in [9.17, 15) is 9.59 Å². The minimum atomic E-state index is -0.376. The molecule has 9 heteroatoms. The first-order valence-corrected chi connectivity index (χ1v) is 10.7. The first-order valence-electron chi connectivity index (χ1n) is 10.4. The minimum Gasteiger partial charge on any atom is -0.493 e. The van der Waals surface area contributed by atoms with Gasteiger partial charge in [-0.1, -0.05) is 29.8 Å². The summed E-state index contributed by atoms with van der Waals surface area (Å²) in [6.45, 7) is 0.202. The van der Waals surface area contributed by atoms with Crippen molar-refractivity contribution in [3.63, 3.8) is 0 Å². The molecular weight excluding hydrogens is 460 g/mol. The summed E-state index contributed by atoms with van der Waals surface area (Å²) in [5.41, 5.74) is 2.25. The van der Waals surface area contributed by atoms with Crippen molar-refractivity contribution in [1.82, 2.24) is 0 Å². The van der Waals surface area contributed by atoms with Crippen molar-refractivity contribution in [2.75, 3.05) is 38.2 Å². The van der Waals surface area contributed by atoms with Gasteiger partial charge in [0, 0.05) is 22.3 Å². The molecule has 3 aromatic rings. The highest BCUT2D eigenvalue weighted by Crippen LogP contribution is 2.39. The van der Waals surface area contributed by atoms with E-state index >= 15 is 0 Å². The number of benzene rings is 3. The van der Waals surface area contributed by atoms with E-state index in [1.165, 1.54) is 21.3 Å². The molecule has 2 amide bonds. The lowest BCUT2D eigenvalue weighted by atomic mass is 10.1. The van der Waals surface area contributed by atoms with Gasteiger partial charge in [0.1, 0.15) is 5.75 Å². The van der Waals surface area contributed by atoms with E-state index in [0.29, 0.717) is 51.5 Å². The molecule has 0 atom stereocenters. The molecule has 8 nitrogen and oxygen atoms in total. The Morgan fingerprint density at radius 2 is 1.74 bits per heavy atom. The normalized spacial score (nSPS) is 12.5. The molecule has 176 valence electrons.